The van der Waals surface area contributed by atoms with E-state index >= 15 is 0 Å². The lowest BCUT2D eigenvalue weighted by atomic mass is 9.31. The first kappa shape index (κ1) is 31.9. The summed E-state index contributed by atoms with van der Waals surface area (Å²) in [7, 11) is 0. The van der Waals surface area contributed by atoms with Crippen molar-refractivity contribution in [2.75, 3.05) is 32.7 Å². The summed E-state index contributed by atoms with van der Waals surface area (Å²) in [6.45, 7) is 11.4. The van der Waals surface area contributed by atoms with Crippen LogP contribution in [0.3, 0.4) is 0 Å². The molecular formula is C41H53N3O5. The second kappa shape index (κ2) is 11.2. The van der Waals surface area contributed by atoms with Gasteiger partial charge in [0.1, 0.15) is 11.2 Å². The highest BCUT2D eigenvalue weighted by molar-refractivity contribution is 5.99. The molecule has 0 aromatic heterocycles. The molecular weight excluding hydrogens is 614 g/mol. The van der Waals surface area contributed by atoms with Crippen LogP contribution >= 0.6 is 0 Å². The number of nitrogens with zero attached hydrogens (tertiary/aromatic N) is 2. The first-order valence-corrected chi connectivity index (χ1v) is 19.3. The number of fused-ring (bicyclic) bond motifs is 2. The van der Waals surface area contributed by atoms with Crippen molar-refractivity contribution in [1.82, 2.24) is 9.80 Å². The van der Waals surface area contributed by atoms with Crippen LogP contribution in [0.2, 0.25) is 0 Å². The van der Waals surface area contributed by atoms with Crippen LogP contribution in [0.25, 0.3) is 0 Å². The van der Waals surface area contributed by atoms with E-state index in [2.05, 4.69) is 42.7 Å². The van der Waals surface area contributed by atoms with Gasteiger partial charge in [-0.1, -0.05) is 56.2 Å². The first-order chi connectivity index (χ1) is 23.7. The topological polar surface area (TPSA) is 105 Å². The lowest BCUT2D eigenvalue weighted by molar-refractivity contribution is -0.272. The molecule has 4 fully saturated rings. The zero-order chi connectivity index (χ0) is 33.9. The number of carbonyl (C=O) groups excluding carboxylic acids is 2. The number of benzene rings is 1. The third kappa shape index (κ3) is 4.05. The number of carbonyl (C=O) groups is 2. The van der Waals surface area contributed by atoms with Crippen molar-refractivity contribution in [3.63, 3.8) is 0 Å². The van der Waals surface area contributed by atoms with Crippen molar-refractivity contribution in [1.29, 1.82) is 0 Å². The van der Waals surface area contributed by atoms with Crippen molar-refractivity contribution >= 4 is 11.9 Å². The molecule has 0 amide bonds. The molecule has 11 aliphatic rings. The fraction of sp³-hybridized carbons (Fsp3) is 0.659. The van der Waals surface area contributed by atoms with Gasteiger partial charge in [0.15, 0.2) is 11.4 Å². The molecule has 3 N–H and O–H groups in total. The van der Waals surface area contributed by atoms with Gasteiger partial charge in [0.2, 0.25) is 0 Å². The van der Waals surface area contributed by atoms with Gasteiger partial charge < -0.3 is 25.2 Å². The normalized spacial score (nSPS) is 43.2. The summed E-state index contributed by atoms with van der Waals surface area (Å²) in [6.07, 6.45) is 13.0. The second-order valence-corrected chi connectivity index (χ2v) is 17.0. The van der Waals surface area contributed by atoms with Crippen LogP contribution in [-0.2, 0) is 26.3 Å². The summed E-state index contributed by atoms with van der Waals surface area (Å²) < 4.78 is 13.3. The van der Waals surface area contributed by atoms with Gasteiger partial charge in [-0.3, -0.25) is 9.69 Å². The van der Waals surface area contributed by atoms with Gasteiger partial charge in [0, 0.05) is 61.7 Å². The van der Waals surface area contributed by atoms with E-state index in [-0.39, 0.29) is 35.6 Å². The van der Waals surface area contributed by atoms with Crippen molar-refractivity contribution in [3.05, 3.63) is 69.8 Å². The van der Waals surface area contributed by atoms with Gasteiger partial charge in [-0.05, 0) is 88.2 Å². The standard InChI is InChI=1S/C41H53N3O5/c1-4-7-34-39-19-29-13-14-40(39,41(34)31-10-5-8-28(9-6-15-42)35(31)37(46)49-41)36(48-38(39)47)33(45)17-25(3)43-20-26-18-27(21-43)23-44(22-26)32-12-11-24(2)16-30(29)32/h5,8,10,12,19,24-27,30,34,45H,4,6-7,9,11,13-18,20-23,42H2,1-3H3/b36-33-/t24-,25+,26-,27+,30-,34-,39-,40+,41+/m0/s1. The number of hydrogen-bond donors (Lipinski definition) is 2. The number of hydrogen-bond acceptors (Lipinski definition) is 8. The molecule has 8 aliphatic heterocycles. The molecule has 0 radical (unpaired) electrons. The molecule has 49 heavy (non-hydrogen) atoms. The van der Waals surface area contributed by atoms with Gasteiger partial charge in [-0.15, -0.1) is 0 Å². The average Bonchev–Trinajstić information content (AvgIpc) is 3.54. The second-order valence-electron chi connectivity index (χ2n) is 17.0. The van der Waals surface area contributed by atoms with Gasteiger partial charge in [-0.2, -0.15) is 0 Å². The van der Waals surface area contributed by atoms with Crippen LogP contribution < -0.4 is 5.73 Å². The Bertz CT molecular complexity index is 1680. The molecule has 1 aromatic carbocycles. The van der Waals surface area contributed by atoms with E-state index in [1.807, 2.05) is 18.2 Å². The largest absolute Gasteiger partial charge is 0.509 e. The first-order valence-electron chi connectivity index (χ1n) is 19.3. The number of aryl methyl sites for hydroxylation is 1. The molecule has 8 heteroatoms. The minimum atomic E-state index is -1.09. The van der Waals surface area contributed by atoms with Crippen LogP contribution in [0.15, 0.2) is 53.1 Å². The molecule has 3 aliphatic carbocycles. The molecule has 10 atom stereocenters. The van der Waals surface area contributed by atoms with Gasteiger partial charge in [0.05, 0.1) is 11.0 Å². The Balaban J connectivity index is 1.29. The lowest BCUT2D eigenvalue weighted by Crippen LogP contribution is -2.75. The number of nitrogens with two attached hydrogens (primary N) is 1. The molecule has 1 aromatic rings. The summed E-state index contributed by atoms with van der Waals surface area (Å²) in [6, 6.07) is 6.18. The van der Waals surface area contributed by atoms with E-state index in [1.54, 1.807) is 0 Å². The van der Waals surface area contributed by atoms with Crippen LogP contribution in [0.5, 0.6) is 0 Å². The SMILES string of the molecule is CCC[C@@H]1[C@@]2(OC(=O)c3c(CCCN)cccc32)[C@@]23CCC4=C[C@@]12C(=O)O/C3=C(\O)C[C@@H](C)N1C[C@@H]2C[C@@H](CN(C2)C2=CC[C@H](C)C[C@@H]42)C1. The van der Waals surface area contributed by atoms with Gasteiger partial charge in [0.25, 0.3) is 0 Å². The number of aliphatic hydroxyl groups is 1. The summed E-state index contributed by atoms with van der Waals surface area (Å²) in [5.74, 6) is 1.63. The summed E-state index contributed by atoms with van der Waals surface area (Å²) in [5.41, 5.74) is 8.05. The molecule has 1 saturated carbocycles. The molecule has 8 bridgehead atoms. The lowest BCUT2D eigenvalue weighted by Gasteiger charge is -2.69. The van der Waals surface area contributed by atoms with Crippen LogP contribution in [0.4, 0.5) is 0 Å². The fourth-order valence-electron chi connectivity index (χ4n) is 12.5. The maximum Gasteiger partial charge on any atom is 0.339 e. The minimum Gasteiger partial charge on any atom is -0.509 e. The van der Waals surface area contributed by atoms with Crippen LogP contribution in [0, 0.1) is 40.4 Å². The Morgan fingerprint density at radius 3 is 2.63 bits per heavy atom. The number of piperidine rings is 2. The summed E-state index contributed by atoms with van der Waals surface area (Å²) >= 11 is 0. The van der Waals surface area contributed by atoms with Crippen molar-refractivity contribution in [2.45, 2.75) is 96.6 Å². The van der Waals surface area contributed by atoms with E-state index in [0.717, 1.165) is 69.4 Å². The molecule has 1 unspecified atom stereocenters. The quantitative estimate of drug-likeness (QED) is 0.276. The highest BCUT2D eigenvalue weighted by Crippen LogP contribution is 2.85. The van der Waals surface area contributed by atoms with E-state index in [0.29, 0.717) is 61.3 Å². The van der Waals surface area contributed by atoms with E-state index in [4.69, 9.17) is 15.2 Å². The van der Waals surface area contributed by atoms with Crippen molar-refractivity contribution < 1.29 is 24.2 Å². The number of aliphatic hydroxyl groups excluding tert-OH is 1. The molecule has 8 heterocycles. The highest BCUT2D eigenvalue weighted by atomic mass is 16.6. The molecule has 262 valence electrons. The number of ether oxygens (including phenoxy) is 2. The van der Waals surface area contributed by atoms with Crippen molar-refractivity contribution in [2.24, 2.45) is 46.2 Å². The smallest absolute Gasteiger partial charge is 0.339 e. The highest BCUT2D eigenvalue weighted by Gasteiger charge is 2.91. The average molecular weight is 668 g/mol. The van der Waals surface area contributed by atoms with E-state index in [1.165, 1.54) is 17.7 Å². The Labute approximate surface area is 290 Å². The predicted molar refractivity (Wildman–Crippen MR) is 186 cm³/mol. The zero-order valence-corrected chi connectivity index (χ0v) is 29.5. The van der Waals surface area contributed by atoms with Gasteiger partial charge >= 0.3 is 11.9 Å². The van der Waals surface area contributed by atoms with Crippen LogP contribution in [0.1, 0.15) is 100 Å². The Morgan fingerprint density at radius 2 is 1.88 bits per heavy atom. The molecule has 12 rings (SSSR count). The van der Waals surface area contributed by atoms with Crippen molar-refractivity contribution in [3.8, 4) is 0 Å². The third-order valence-corrected chi connectivity index (χ3v) is 14.3. The number of esters is 2. The third-order valence-electron chi connectivity index (χ3n) is 14.3. The molecule has 3 saturated heterocycles. The maximum atomic E-state index is 14.8. The predicted octanol–water partition coefficient (Wildman–Crippen LogP) is 6.37. The minimum absolute atomic E-state index is 0.0838. The maximum absolute atomic E-state index is 14.8. The Kier molecular flexibility index (Phi) is 7.28. The number of allylic oxidation sites excluding steroid dienone is 2. The monoisotopic (exact) mass is 667 g/mol. The number of rotatable bonds is 5. The summed E-state index contributed by atoms with van der Waals surface area (Å²) in [5, 5.41) is 12.3. The Hall–Kier alpha value is -3.10. The molecule has 2 spiro atoms. The van der Waals surface area contributed by atoms with Crippen LogP contribution in [-0.4, -0.2) is 65.6 Å². The van der Waals surface area contributed by atoms with E-state index < -0.39 is 16.4 Å². The van der Waals surface area contributed by atoms with E-state index in [9.17, 15) is 14.7 Å². The fourth-order valence-corrected chi connectivity index (χ4v) is 12.5. The van der Waals surface area contributed by atoms with Gasteiger partial charge in [-0.25, -0.2) is 4.79 Å². The zero-order valence-electron chi connectivity index (χ0n) is 29.5. The summed E-state index contributed by atoms with van der Waals surface area (Å²) in [4.78, 5) is 34.3. The Morgan fingerprint density at radius 1 is 1.08 bits per heavy atom. The molecule has 8 nitrogen and oxygen atoms in total.